The van der Waals surface area contributed by atoms with E-state index >= 15 is 0 Å². The van der Waals surface area contributed by atoms with Gasteiger partial charge in [0.25, 0.3) is 0 Å². The van der Waals surface area contributed by atoms with Crippen molar-refractivity contribution in [2.75, 3.05) is 14.2 Å². The molecular formula is C34H34NaO10P. The number of ether oxygens (including phenoxy) is 2. The fourth-order valence-corrected chi connectivity index (χ4v) is 5.58. The quantitative estimate of drug-likeness (QED) is 0.118. The molecule has 0 bridgehead atoms. The molecule has 0 aliphatic heterocycles. The van der Waals surface area contributed by atoms with Crippen molar-refractivity contribution in [3.8, 4) is 34.5 Å². The fourth-order valence-electron chi connectivity index (χ4n) is 4.80. The number of carbonyl (C=O) groups excluding carboxylic acids is 2. The van der Waals surface area contributed by atoms with Gasteiger partial charge in [-0.2, -0.15) is 0 Å². The molecule has 0 saturated carbocycles. The first kappa shape index (κ1) is 36.7. The van der Waals surface area contributed by atoms with E-state index in [1.165, 1.54) is 50.6 Å². The molecule has 0 heterocycles. The number of ketones is 2. The zero-order valence-electron chi connectivity index (χ0n) is 26.4. The summed E-state index contributed by atoms with van der Waals surface area (Å²) in [7, 11) is -1.87. The van der Waals surface area contributed by atoms with E-state index in [-0.39, 0.29) is 88.1 Å². The average Bonchev–Trinajstić information content (AvgIpc) is 2.99. The smallest absolute Gasteiger partial charge is 0.736 e. The van der Waals surface area contributed by atoms with Gasteiger partial charge in [0.2, 0.25) is 0 Å². The minimum atomic E-state index is -4.81. The van der Waals surface area contributed by atoms with E-state index < -0.39 is 7.82 Å². The minimum absolute atomic E-state index is 0. The number of phosphoric ester groups is 1. The molecule has 0 aliphatic rings. The van der Waals surface area contributed by atoms with Gasteiger partial charge in [0.1, 0.15) is 34.5 Å². The van der Waals surface area contributed by atoms with Crippen LogP contribution in [0.3, 0.4) is 0 Å². The van der Waals surface area contributed by atoms with E-state index in [4.69, 9.17) is 18.5 Å². The third-order valence-electron chi connectivity index (χ3n) is 7.32. The molecule has 0 aliphatic carbocycles. The molecule has 0 saturated heterocycles. The van der Waals surface area contributed by atoms with Crippen LogP contribution in [0.25, 0.3) is 0 Å². The number of phenols is 2. The van der Waals surface area contributed by atoms with E-state index in [1.807, 2.05) is 0 Å². The van der Waals surface area contributed by atoms with Crippen molar-refractivity contribution in [1.29, 1.82) is 0 Å². The van der Waals surface area contributed by atoms with Gasteiger partial charge in [-0.3, -0.25) is 9.59 Å². The van der Waals surface area contributed by atoms with Gasteiger partial charge in [-0.15, -0.1) is 0 Å². The number of aromatic hydroxyl groups is 2. The summed E-state index contributed by atoms with van der Waals surface area (Å²) in [5, 5.41) is 20.2. The van der Waals surface area contributed by atoms with E-state index in [9.17, 15) is 29.3 Å². The Kier molecular flexibility index (Phi) is 12.9. The molecule has 0 radical (unpaired) electrons. The Hall–Kier alpha value is -3.79. The third kappa shape index (κ3) is 9.61. The van der Waals surface area contributed by atoms with Gasteiger partial charge < -0.3 is 33.6 Å². The average molecular weight is 657 g/mol. The summed E-state index contributed by atoms with van der Waals surface area (Å²) < 4.78 is 33.2. The van der Waals surface area contributed by atoms with Crippen molar-refractivity contribution in [3.05, 3.63) is 106 Å². The molecule has 236 valence electrons. The van der Waals surface area contributed by atoms with Crippen LogP contribution in [0.4, 0.5) is 0 Å². The second-order valence-corrected chi connectivity index (χ2v) is 11.7. The number of hydrogen-bond donors (Lipinski definition) is 2. The second kappa shape index (κ2) is 16.2. The van der Waals surface area contributed by atoms with Crippen molar-refractivity contribution in [1.82, 2.24) is 0 Å². The van der Waals surface area contributed by atoms with Crippen LogP contribution in [0.5, 0.6) is 34.5 Å². The van der Waals surface area contributed by atoms with Gasteiger partial charge >= 0.3 is 37.4 Å². The Balaban J connectivity index is 0.00000576. The molecule has 4 aromatic rings. The number of carbonyl (C=O) groups is 2. The topological polar surface area (TPSA) is 152 Å². The Bertz CT molecular complexity index is 1650. The summed E-state index contributed by atoms with van der Waals surface area (Å²) in [6.07, 6.45) is 1.02. The Morgan fingerprint density at radius 1 is 0.652 bits per heavy atom. The fraction of sp³-hybridized carbons (Fsp3) is 0.235. The normalized spacial score (nSPS) is 10.9. The molecule has 12 heteroatoms. The molecule has 0 atom stereocenters. The zero-order valence-corrected chi connectivity index (χ0v) is 29.3. The number of rotatable bonds is 14. The maximum Gasteiger partial charge on any atom is 1.00 e. The summed E-state index contributed by atoms with van der Waals surface area (Å²) in [5.74, 6) is 0.213. The molecule has 0 unspecified atom stereocenters. The van der Waals surface area contributed by atoms with Gasteiger partial charge in [-0.25, -0.2) is 4.57 Å². The van der Waals surface area contributed by atoms with Crippen LogP contribution in [-0.2, 0) is 17.4 Å². The zero-order chi connectivity index (χ0) is 32.7. The number of phenolic OH excluding ortho intramolecular Hbond substituents is 2. The molecule has 0 amide bonds. The van der Waals surface area contributed by atoms with Crippen molar-refractivity contribution >= 4 is 19.4 Å². The number of benzene rings is 4. The molecule has 2 N–H and O–H groups in total. The summed E-state index contributed by atoms with van der Waals surface area (Å²) in [6, 6.07) is 18.4. The van der Waals surface area contributed by atoms with Crippen molar-refractivity contribution in [3.63, 3.8) is 0 Å². The Labute approximate surface area is 289 Å². The number of phosphoric acid groups is 1. The first-order valence-corrected chi connectivity index (χ1v) is 15.5. The molecule has 4 aromatic carbocycles. The third-order valence-corrected chi connectivity index (χ3v) is 8.18. The van der Waals surface area contributed by atoms with Gasteiger partial charge in [0, 0.05) is 25.0 Å². The van der Waals surface area contributed by atoms with Crippen LogP contribution in [-0.4, -0.2) is 36.0 Å². The molecular weight excluding hydrogens is 622 g/mol. The molecule has 10 nitrogen and oxygen atoms in total. The predicted molar refractivity (Wildman–Crippen MR) is 166 cm³/mol. The molecule has 0 aromatic heterocycles. The summed E-state index contributed by atoms with van der Waals surface area (Å²) in [5.41, 5.74) is 3.47. The van der Waals surface area contributed by atoms with Crippen LogP contribution in [0, 0.1) is 13.8 Å². The number of aryl methyl sites for hydroxylation is 4. The summed E-state index contributed by atoms with van der Waals surface area (Å²) in [6.45, 7) is 3.55. The van der Waals surface area contributed by atoms with Gasteiger partial charge in [0.05, 0.1) is 25.3 Å². The van der Waals surface area contributed by atoms with E-state index in [2.05, 4.69) is 0 Å². The Morgan fingerprint density at radius 2 is 1.02 bits per heavy atom. The van der Waals surface area contributed by atoms with Crippen LogP contribution < -0.4 is 53.0 Å². The van der Waals surface area contributed by atoms with Crippen LogP contribution in [0.2, 0.25) is 0 Å². The number of Topliss-reactive ketones (excluding diaryl/α,β-unsaturated/α-hetero) is 2. The first-order chi connectivity index (χ1) is 21.4. The standard InChI is InChI=1S/C34H35O10P.Na/c1-21-17-27(9-5-23(21)7-15-31(35)29-13-11-25(41-3)19-33(29)37)43-45(39,40)44-28-10-6-24(22(2)18-28)8-16-32(36)30-14-12-26(42-4)20-34(30)38;/h5-6,9-14,17-20,37-38H,7-8,15-16H2,1-4H3,(H,39,40);/q;+1/p-1. The van der Waals surface area contributed by atoms with E-state index in [0.717, 1.165) is 22.3 Å². The van der Waals surface area contributed by atoms with Crippen LogP contribution in [0.1, 0.15) is 55.8 Å². The van der Waals surface area contributed by atoms with Crippen molar-refractivity contribution in [2.24, 2.45) is 0 Å². The molecule has 4 rings (SSSR count). The Morgan fingerprint density at radius 3 is 1.35 bits per heavy atom. The molecule has 0 spiro atoms. The van der Waals surface area contributed by atoms with Crippen molar-refractivity contribution < 1.29 is 77.3 Å². The largest absolute Gasteiger partial charge is 1.00 e. The van der Waals surface area contributed by atoms with Crippen LogP contribution in [0.15, 0.2) is 72.8 Å². The maximum absolute atomic E-state index is 12.7. The molecule has 0 fully saturated rings. The van der Waals surface area contributed by atoms with Gasteiger partial charge in [0.15, 0.2) is 11.6 Å². The van der Waals surface area contributed by atoms with Gasteiger partial charge in [-0.1, -0.05) is 12.1 Å². The van der Waals surface area contributed by atoms with Gasteiger partial charge in [-0.05, 0) is 97.5 Å². The second-order valence-electron chi connectivity index (χ2n) is 10.4. The summed E-state index contributed by atoms with van der Waals surface area (Å²) >= 11 is 0. The monoisotopic (exact) mass is 656 g/mol. The summed E-state index contributed by atoms with van der Waals surface area (Å²) in [4.78, 5) is 38.0. The SMILES string of the molecule is COc1ccc(C(=O)CCc2ccc(OP(=O)([O-])Oc3ccc(CCC(=O)c4ccc(OC)cc4O)c(C)c3)cc2C)c(O)c1.[Na+]. The minimum Gasteiger partial charge on any atom is -0.736 e. The van der Waals surface area contributed by atoms with Crippen molar-refractivity contribution in [2.45, 2.75) is 39.5 Å². The predicted octanol–water partition coefficient (Wildman–Crippen LogP) is 3.29. The van der Waals surface area contributed by atoms with E-state index in [1.54, 1.807) is 50.2 Å². The number of methoxy groups -OCH3 is 2. The maximum atomic E-state index is 12.7. The number of hydrogen-bond acceptors (Lipinski definition) is 10. The first-order valence-electron chi connectivity index (χ1n) is 14.1. The van der Waals surface area contributed by atoms with Crippen LogP contribution >= 0.6 is 7.82 Å². The molecule has 46 heavy (non-hydrogen) atoms. The van der Waals surface area contributed by atoms with E-state index in [0.29, 0.717) is 24.3 Å².